The van der Waals surface area contributed by atoms with Gasteiger partial charge in [-0.15, -0.1) is 0 Å². The van der Waals surface area contributed by atoms with Gasteiger partial charge in [-0.2, -0.15) is 4.98 Å². The van der Waals surface area contributed by atoms with Crippen molar-refractivity contribution in [2.75, 3.05) is 19.7 Å². The first-order chi connectivity index (χ1) is 12.7. The fourth-order valence-electron chi connectivity index (χ4n) is 3.18. The maximum atomic E-state index is 12.7. The molecule has 0 bridgehead atoms. The van der Waals surface area contributed by atoms with Gasteiger partial charge in [0, 0.05) is 13.1 Å². The number of benzene rings is 1. The number of hydrogen-bond donors (Lipinski definition) is 0. The normalized spacial score (nSPS) is 20.2. The van der Waals surface area contributed by atoms with Crippen molar-refractivity contribution in [3.05, 3.63) is 36.0 Å². The van der Waals surface area contributed by atoms with Crippen LogP contribution in [0.5, 0.6) is 11.5 Å². The van der Waals surface area contributed by atoms with Gasteiger partial charge in [0.2, 0.25) is 6.10 Å². The standard InChI is InChI=1S/C18H21N3O5/c1-12-19-17(26-20-12)11-23-13-6-8-21(9-7-13)18(22)16-10-24-14-4-2-3-5-15(14)25-16/h2-5,13,16H,6-11H2,1H3/t16-/m0/s1. The number of amides is 1. The van der Waals surface area contributed by atoms with Gasteiger partial charge in [-0.3, -0.25) is 4.79 Å². The summed E-state index contributed by atoms with van der Waals surface area (Å²) < 4.78 is 22.3. The third-order valence-corrected chi connectivity index (χ3v) is 4.55. The molecule has 8 heteroatoms. The lowest BCUT2D eigenvalue weighted by molar-refractivity contribution is -0.144. The second-order valence-electron chi connectivity index (χ2n) is 6.44. The second kappa shape index (κ2) is 7.33. The second-order valence-corrected chi connectivity index (χ2v) is 6.44. The van der Waals surface area contributed by atoms with Crippen molar-refractivity contribution in [1.82, 2.24) is 15.0 Å². The molecular weight excluding hydrogens is 338 g/mol. The molecule has 2 aromatic rings. The molecule has 26 heavy (non-hydrogen) atoms. The first-order valence-corrected chi connectivity index (χ1v) is 8.77. The van der Waals surface area contributed by atoms with Crippen molar-refractivity contribution in [3.63, 3.8) is 0 Å². The number of likely N-dealkylation sites (tertiary alicyclic amines) is 1. The van der Waals surface area contributed by atoms with Crippen LogP contribution in [0, 0.1) is 6.92 Å². The van der Waals surface area contributed by atoms with E-state index in [0.29, 0.717) is 42.9 Å². The molecule has 1 aromatic heterocycles. The van der Waals surface area contributed by atoms with Gasteiger partial charge in [-0.05, 0) is 31.9 Å². The van der Waals surface area contributed by atoms with Crippen molar-refractivity contribution in [2.24, 2.45) is 0 Å². The Kier molecular flexibility index (Phi) is 4.75. The van der Waals surface area contributed by atoms with Crippen LogP contribution in [0.1, 0.15) is 24.6 Å². The molecule has 2 aliphatic rings. The average molecular weight is 359 g/mol. The highest BCUT2D eigenvalue weighted by molar-refractivity contribution is 5.82. The molecule has 0 saturated carbocycles. The maximum Gasteiger partial charge on any atom is 0.267 e. The van der Waals surface area contributed by atoms with Crippen LogP contribution in [-0.4, -0.2) is 52.9 Å². The fraction of sp³-hybridized carbons (Fsp3) is 0.500. The van der Waals surface area contributed by atoms with Gasteiger partial charge in [0.25, 0.3) is 11.8 Å². The third kappa shape index (κ3) is 3.65. The summed E-state index contributed by atoms with van der Waals surface area (Å²) in [7, 11) is 0. The summed E-state index contributed by atoms with van der Waals surface area (Å²) in [5, 5.41) is 3.74. The van der Waals surface area contributed by atoms with E-state index in [2.05, 4.69) is 10.1 Å². The van der Waals surface area contributed by atoms with E-state index in [-0.39, 0.29) is 18.6 Å². The Morgan fingerprint density at radius 2 is 2.04 bits per heavy atom. The van der Waals surface area contributed by atoms with Crippen LogP contribution in [0.3, 0.4) is 0 Å². The molecule has 4 rings (SSSR count). The Hall–Kier alpha value is -2.61. The van der Waals surface area contributed by atoms with Crippen molar-refractivity contribution < 1.29 is 23.5 Å². The number of para-hydroxylation sites is 2. The van der Waals surface area contributed by atoms with E-state index in [1.54, 1.807) is 6.92 Å². The van der Waals surface area contributed by atoms with E-state index >= 15 is 0 Å². The van der Waals surface area contributed by atoms with Crippen LogP contribution in [0.4, 0.5) is 0 Å². The molecule has 0 unspecified atom stereocenters. The Morgan fingerprint density at radius 3 is 2.77 bits per heavy atom. The molecule has 3 heterocycles. The smallest absolute Gasteiger partial charge is 0.267 e. The van der Waals surface area contributed by atoms with E-state index in [1.165, 1.54) is 0 Å². The minimum Gasteiger partial charge on any atom is -0.485 e. The zero-order valence-electron chi connectivity index (χ0n) is 14.6. The molecule has 1 saturated heterocycles. The summed E-state index contributed by atoms with van der Waals surface area (Å²) >= 11 is 0. The number of carbonyl (C=O) groups is 1. The lowest BCUT2D eigenvalue weighted by atomic mass is 10.1. The van der Waals surface area contributed by atoms with Gasteiger partial charge >= 0.3 is 0 Å². The number of carbonyl (C=O) groups excluding carboxylic acids is 1. The molecule has 8 nitrogen and oxygen atoms in total. The predicted molar refractivity (Wildman–Crippen MR) is 89.8 cm³/mol. The van der Waals surface area contributed by atoms with Crippen molar-refractivity contribution >= 4 is 5.91 Å². The summed E-state index contributed by atoms with van der Waals surface area (Å²) in [6, 6.07) is 7.39. The Labute approximate surface area is 151 Å². The zero-order valence-corrected chi connectivity index (χ0v) is 14.6. The molecule has 1 aromatic carbocycles. The van der Waals surface area contributed by atoms with E-state index in [0.717, 1.165) is 12.8 Å². The quantitative estimate of drug-likeness (QED) is 0.821. The monoisotopic (exact) mass is 359 g/mol. The lowest BCUT2D eigenvalue weighted by Crippen LogP contribution is -2.49. The highest BCUT2D eigenvalue weighted by Crippen LogP contribution is 2.31. The van der Waals surface area contributed by atoms with Crippen LogP contribution in [0.25, 0.3) is 0 Å². The Bertz CT molecular complexity index is 770. The summed E-state index contributed by atoms with van der Waals surface area (Å²) in [4.78, 5) is 18.6. The van der Waals surface area contributed by atoms with Crippen LogP contribution >= 0.6 is 0 Å². The van der Waals surface area contributed by atoms with Crippen molar-refractivity contribution in [2.45, 2.75) is 38.6 Å². The third-order valence-electron chi connectivity index (χ3n) is 4.55. The van der Waals surface area contributed by atoms with Gasteiger partial charge < -0.3 is 23.6 Å². The SMILES string of the molecule is Cc1noc(COC2CCN(C(=O)[C@@H]3COc4ccccc4O3)CC2)n1. The molecule has 0 N–H and O–H groups in total. The minimum absolute atomic E-state index is 0.0366. The zero-order chi connectivity index (χ0) is 17.9. The molecule has 1 atom stereocenters. The summed E-state index contributed by atoms with van der Waals surface area (Å²) in [6.07, 6.45) is 1.02. The topological polar surface area (TPSA) is 86.9 Å². The molecule has 1 fully saturated rings. The number of nitrogens with zero attached hydrogens (tertiary/aromatic N) is 3. The fourth-order valence-corrected chi connectivity index (χ4v) is 3.18. The Balaban J connectivity index is 1.26. The van der Waals surface area contributed by atoms with E-state index < -0.39 is 6.10 Å². The number of rotatable bonds is 4. The first kappa shape index (κ1) is 16.8. The summed E-state index contributed by atoms with van der Waals surface area (Å²) in [5.74, 6) is 2.34. The average Bonchev–Trinajstić information content (AvgIpc) is 3.11. The van der Waals surface area contributed by atoms with Gasteiger partial charge in [0.15, 0.2) is 17.3 Å². The molecule has 0 radical (unpaired) electrons. The summed E-state index contributed by atoms with van der Waals surface area (Å²) in [6.45, 7) is 3.58. The first-order valence-electron chi connectivity index (χ1n) is 8.77. The number of ether oxygens (including phenoxy) is 3. The largest absolute Gasteiger partial charge is 0.485 e. The van der Waals surface area contributed by atoms with Crippen LogP contribution < -0.4 is 9.47 Å². The highest BCUT2D eigenvalue weighted by Gasteiger charge is 2.33. The maximum absolute atomic E-state index is 12.7. The van der Waals surface area contributed by atoms with Crippen molar-refractivity contribution in [1.29, 1.82) is 0 Å². The van der Waals surface area contributed by atoms with Crippen molar-refractivity contribution in [3.8, 4) is 11.5 Å². The van der Waals surface area contributed by atoms with Crippen LogP contribution in [0.2, 0.25) is 0 Å². The lowest BCUT2D eigenvalue weighted by Gasteiger charge is -2.35. The predicted octanol–water partition coefficient (Wildman–Crippen LogP) is 1.73. The van der Waals surface area contributed by atoms with Gasteiger partial charge in [-0.25, -0.2) is 0 Å². The number of piperidine rings is 1. The highest BCUT2D eigenvalue weighted by atomic mass is 16.6. The van der Waals surface area contributed by atoms with Crippen LogP contribution in [-0.2, 0) is 16.1 Å². The molecule has 1 amide bonds. The van der Waals surface area contributed by atoms with Crippen LogP contribution in [0.15, 0.2) is 28.8 Å². The van der Waals surface area contributed by atoms with E-state index in [9.17, 15) is 4.79 Å². The molecular formula is C18H21N3O5. The number of fused-ring (bicyclic) bond motifs is 1. The summed E-state index contributed by atoms with van der Waals surface area (Å²) in [5.41, 5.74) is 0. The Morgan fingerprint density at radius 1 is 1.27 bits per heavy atom. The minimum atomic E-state index is -0.594. The number of hydrogen-bond acceptors (Lipinski definition) is 7. The molecule has 138 valence electrons. The number of aromatic nitrogens is 2. The number of aryl methyl sites for hydroxylation is 1. The van der Waals surface area contributed by atoms with Gasteiger partial charge in [0.05, 0.1) is 6.10 Å². The molecule has 0 spiro atoms. The van der Waals surface area contributed by atoms with Gasteiger partial charge in [0.1, 0.15) is 13.2 Å². The van der Waals surface area contributed by atoms with Gasteiger partial charge in [-0.1, -0.05) is 17.3 Å². The molecule has 2 aliphatic heterocycles. The van der Waals surface area contributed by atoms with E-state index in [1.807, 2.05) is 29.2 Å². The molecule has 0 aliphatic carbocycles. The van der Waals surface area contributed by atoms with E-state index in [4.69, 9.17) is 18.7 Å².